The standard InChI is InChI=1S/C12H21NO3/c1-11(2,3)7-8(12(4,5)6)10(15)13(16)9(7)14/h7-8,16H,1-6H3/t7-,8+. The molecule has 92 valence electrons. The summed E-state index contributed by atoms with van der Waals surface area (Å²) in [5, 5.41) is 9.77. The molecule has 1 saturated heterocycles. The maximum absolute atomic E-state index is 11.9. The molecule has 1 aliphatic heterocycles. The Morgan fingerprint density at radius 1 is 0.875 bits per heavy atom. The first kappa shape index (κ1) is 13.2. The Hall–Kier alpha value is -0.900. The molecule has 1 heterocycles. The van der Waals surface area contributed by atoms with Crippen LogP contribution in [0.2, 0.25) is 0 Å². The van der Waals surface area contributed by atoms with Crippen LogP contribution >= 0.6 is 0 Å². The third kappa shape index (κ3) is 1.98. The van der Waals surface area contributed by atoms with Gasteiger partial charge in [0, 0.05) is 0 Å². The van der Waals surface area contributed by atoms with E-state index < -0.39 is 23.7 Å². The molecule has 0 aromatic carbocycles. The highest BCUT2D eigenvalue weighted by Gasteiger charge is 2.56. The van der Waals surface area contributed by atoms with Crippen molar-refractivity contribution in [3.05, 3.63) is 0 Å². The van der Waals surface area contributed by atoms with Crippen LogP contribution in [0.25, 0.3) is 0 Å². The van der Waals surface area contributed by atoms with Crippen molar-refractivity contribution in [2.75, 3.05) is 0 Å². The SMILES string of the molecule is CC(C)(C)[C@@H]1C(=O)N(O)C(=O)[C@@H]1C(C)(C)C. The number of hydrogen-bond donors (Lipinski definition) is 1. The van der Waals surface area contributed by atoms with E-state index in [2.05, 4.69) is 0 Å². The second-order valence-electron chi connectivity index (χ2n) is 6.68. The molecule has 0 spiro atoms. The molecular weight excluding hydrogens is 206 g/mol. The maximum Gasteiger partial charge on any atom is 0.257 e. The first-order valence-corrected chi connectivity index (χ1v) is 5.54. The van der Waals surface area contributed by atoms with Gasteiger partial charge in [0.15, 0.2) is 0 Å². The van der Waals surface area contributed by atoms with E-state index in [1.807, 2.05) is 41.5 Å². The minimum atomic E-state index is -0.475. The molecular formula is C12H21NO3. The molecule has 4 nitrogen and oxygen atoms in total. The molecule has 1 fully saturated rings. The fourth-order valence-electron chi connectivity index (χ4n) is 2.40. The number of amides is 2. The molecule has 16 heavy (non-hydrogen) atoms. The van der Waals surface area contributed by atoms with Gasteiger partial charge in [-0.1, -0.05) is 41.5 Å². The smallest absolute Gasteiger partial charge is 0.257 e. The van der Waals surface area contributed by atoms with Crippen molar-refractivity contribution in [2.24, 2.45) is 22.7 Å². The Balaban J connectivity index is 3.23. The van der Waals surface area contributed by atoms with Gasteiger partial charge in [0.2, 0.25) is 0 Å². The van der Waals surface area contributed by atoms with Crippen LogP contribution in [0, 0.1) is 22.7 Å². The van der Waals surface area contributed by atoms with Gasteiger partial charge in [0.1, 0.15) is 0 Å². The molecule has 1 N–H and O–H groups in total. The van der Waals surface area contributed by atoms with Crippen LogP contribution in [0.15, 0.2) is 0 Å². The van der Waals surface area contributed by atoms with E-state index in [1.165, 1.54) is 0 Å². The van der Waals surface area contributed by atoms with E-state index in [0.717, 1.165) is 0 Å². The number of hydrogen-bond acceptors (Lipinski definition) is 3. The van der Waals surface area contributed by atoms with Gasteiger partial charge < -0.3 is 0 Å². The van der Waals surface area contributed by atoms with Crippen LogP contribution in [0.1, 0.15) is 41.5 Å². The van der Waals surface area contributed by atoms with Gasteiger partial charge in [0.25, 0.3) is 11.8 Å². The van der Waals surface area contributed by atoms with Gasteiger partial charge in [-0.2, -0.15) is 5.06 Å². The Bertz CT molecular complexity index is 290. The summed E-state index contributed by atoms with van der Waals surface area (Å²) in [6.07, 6.45) is 0. The molecule has 1 aliphatic rings. The van der Waals surface area contributed by atoms with Gasteiger partial charge in [-0.15, -0.1) is 0 Å². The summed E-state index contributed by atoms with van der Waals surface area (Å²) < 4.78 is 0. The van der Waals surface area contributed by atoms with E-state index >= 15 is 0 Å². The minimum absolute atomic E-state index is 0.297. The number of rotatable bonds is 0. The van der Waals surface area contributed by atoms with E-state index in [-0.39, 0.29) is 10.8 Å². The van der Waals surface area contributed by atoms with Crippen LogP contribution in [-0.4, -0.2) is 22.1 Å². The predicted molar refractivity (Wildman–Crippen MR) is 59.5 cm³/mol. The fourth-order valence-corrected chi connectivity index (χ4v) is 2.40. The average molecular weight is 227 g/mol. The highest BCUT2D eigenvalue weighted by atomic mass is 16.5. The zero-order valence-corrected chi connectivity index (χ0v) is 10.9. The van der Waals surface area contributed by atoms with Crippen molar-refractivity contribution in [1.29, 1.82) is 0 Å². The number of hydroxylamine groups is 2. The van der Waals surface area contributed by atoms with Crippen LogP contribution in [0.5, 0.6) is 0 Å². The molecule has 2 atom stereocenters. The van der Waals surface area contributed by atoms with Crippen LogP contribution in [-0.2, 0) is 9.59 Å². The molecule has 0 radical (unpaired) electrons. The summed E-state index contributed by atoms with van der Waals surface area (Å²) in [5.74, 6) is -1.86. The Kier molecular flexibility index (Phi) is 2.92. The van der Waals surface area contributed by atoms with Crippen LogP contribution in [0.3, 0.4) is 0 Å². The Labute approximate surface area is 96.6 Å². The zero-order chi connectivity index (χ0) is 12.9. The third-order valence-corrected chi connectivity index (χ3v) is 3.15. The predicted octanol–water partition coefficient (Wildman–Crippen LogP) is 2.07. The monoisotopic (exact) mass is 227 g/mol. The molecule has 2 amide bonds. The lowest BCUT2D eigenvalue weighted by molar-refractivity contribution is -0.174. The minimum Gasteiger partial charge on any atom is -0.278 e. The summed E-state index contributed by atoms with van der Waals surface area (Å²) in [4.78, 5) is 23.7. The topological polar surface area (TPSA) is 57.6 Å². The van der Waals surface area contributed by atoms with Gasteiger partial charge in [0.05, 0.1) is 11.8 Å². The summed E-state index contributed by atoms with van der Waals surface area (Å²) >= 11 is 0. The van der Waals surface area contributed by atoms with Crippen LogP contribution < -0.4 is 0 Å². The van der Waals surface area contributed by atoms with Gasteiger partial charge >= 0.3 is 0 Å². The molecule has 0 bridgehead atoms. The summed E-state index contributed by atoms with van der Waals surface area (Å²) in [7, 11) is 0. The lowest BCUT2D eigenvalue weighted by Crippen LogP contribution is -2.38. The highest BCUT2D eigenvalue weighted by Crippen LogP contribution is 2.46. The van der Waals surface area contributed by atoms with Crippen molar-refractivity contribution in [1.82, 2.24) is 5.06 Å². The molecule has 0 aromatic rings. The first-order chi connectivity index (χ1) is 6.98. The van der Waals surface area contributed by atoms with Crippen molar-refractivity contribution in [3.8, 4) is 0 Å². The van der Waals surface area contributed by atoms with Gasteiger partial charge in [-0.25, -0.2) is 0 Å². The number of imide groups is 1. The number of nitrogens with zero attached hydrogens (tertiary/aromatic N) is 1. The van der Waals surface area contributed by atoms with Crippen molar-refractivity contribution < 1.29 is 14.8 Å². The summed E-state index contributed by atoms with van der Waals surface area (Å²) in [5.41, 5.74) is -0.662. The van der Waals surface area contributed by atoms with Crippen molar-refractivity contribution in [3.63, 3.8) is 0 Å². The van der Waals surface area contributed by atoms with E-state index in [9.17, 15) is 14.8 Å². The maximum atomic E-state index is 11.9. The first-order valence-electron chi connectivity index (χ1n) is 5.54. The summed E-state index contributed by atoms with van der Waals surface area (Å²) in [6.45, 7) is 11.5. The van der Waals surface area contributed by atoms with E-state index in [0.29, 0.717) is 5.06 Å². The second-order valence-corrected chi connectivity index (χ2v) is 6.68. The summed E-state index contributed by atoms with van der Waals surface area (Å²) in [6, 6.07) is 0. The average Bonchev–Trinajstić information content (AvgIpc) is 2.27. The number of carbonyl (C=O) groups excluding carboxylic acids is 2. The molecule has 4 heteroatoms. The highest BCUT2D eigenvalue weighted by molar-refractivity contribution is 6.04. The van der Waals surface area contributed by atoms with Crippen LogP contribution in [0.4, 0.5) is 0 Å². The van der Waals surface area contributed by atoms with Crippen molar-refractivity contribution >= 4 is 11.8 Å². The number of carbonyl (C=O) groups is 2. The van der Waals surface area contributed by atoms with E-state index in [4.69, 9.17) is 0 Å². The third-order valence-electron chi connectivity index (χ3n) is 3.15. The molecule has 0 saturated carbocycles. The molecule has 0 unspecified atom stereocenters. The molecule has 0 aromatic heterocycles. The molecule has 1 rings (SSSR count). The van der Waals surface area contributed by atoms with Crippen molar-refractivity contribution in [2.45, 2.75) is 41.5 Å². The zero-order valence-electron chi connectivity index (χ0n) is 10.9. The Morgan fingerprint density at radius 2 is 1.12 bits per heavy atom. The van der Waals surface area contributed by atoms with Gasteiger partial charge in [-0.3, -0.25) is 14.8 Å². The lowest BCUT2D eigenvalue weighted by atomic mass is 9.65. The lowest BCUT2D eigenvalue weighted by Gasteiger charge is -2.35. The molecule has 0 aliphatic carbocycles. The largest absolute Gasteiger partial charge is 0.278 e. The fraction of sp³-hybridized carbons (Fsp3) is 0.833. The van der Waals surface area contributed by atoms with E-state index in [1.54, 1.807) is 0 Å². The second kappa shape index (κ2) is 3.55. The quantitative estimate of drug-likeness (QED) is 0.509. The Morgan fingerprint density at radius 3 is 1.31 bits per heavy atom. The normalized spacial score (nSPS) is 27.8. The van der Waals surface area contributed by atoms with Gasteiger partial charge in [-0.05, 0) is 10.8 Å².